The number of H-pyrrole nitrogens is 1. The van der Waals surface area contributed by atoms with Gasteiger partial charge < -0.3 is 15.5 Å². The largest absolute Gasteiger partial charge is 0.369 e. The predicted molar refractivity (Wildman–Crippen MR) is 130 cm³/mol. The lowest BCUT2D eigenvalue weighted by atomic mass is 10.0. The van der Waals surface area contributed by atoms with E-state index in [0.29, 0.717) is 23.5 Å². The molecule has 7 nitrogen and oxygen atoms in total. The van der Waals surface area contributed by atoms with Crippen LogP contribution < -0.4 is 10.6 Å². The van der Waals surface area contributed by atoms with Crippen molar-refractivity contribution in [2.75, 3.05) is 38.1 Å². The summed E-state index contributed by atoms with van der Waals surface area (Å²) in [7, 11) is 2.14. The van der Waals surface area contributed by atoms with Crippen LogP contribution in [0.2, 0.25) is 0 Å². The number of aliphatic imine (C=N–C) groups is 1. The van der Waals surface area contributed by atoms with Gasteiger partial charge in [0.1, 0.15) is 17.2 Å². The highest BCUT2D eigenvalue weighted by atomic mass is 19.1. The number of anilines is 1. The predicted octanol–water partition coefficient (Wildman–Crippen LogP) is 3.77. The van der Waals surface area contributed by atoms with Crippen molar-refractivity contribution >= 4 is 23.0 Å². The van der Waals surface area contributed by atoms with Crippen molar-refractivity contribution in [1.29, 1.82) is 0 Å². The van der Waals surface area contributed by atoms with Crippen molar-refractivity contribution in [2.45, 2.75) is 20.3 Å². The summed E-state index contributed by atoms with van der Waals surface area (Å²) in [6, 6.07) is 12.9. The molecular weight excluding hydrogens is 419 g/mol. The Bertz CT molecular complexity index is 1180. The van der Waals surface area contributed by atoms with Crippen molar-refractivity contribution in [2.24, 2.45) is 10.7 Å². The van der Waals surface area contributed by atoms with E-state index in [1.165, 1.54) is 11.8 Å². The van der Waals surface area contributed by atoms with Crippen molar-refractivity contribution < 1.29 is 9.18 Å². The summed E-state index contributed by atoms with van der Waals surface area (Å²) in [6.45, 7) is 7.83. The number of hydrogen-bond acceptors (Lipinski definition) is 5. The van der Waals surface area contributed by atoms with E-state index in [2.05, 4.69) is 39.2 Å². The third-order valence-corrected chi connectivity index (χ3v) is 6.11. The molecule has 0 spiro atoms. The van der Waals surface area contributed by atoms with E-state index in [0.717, 1.165) is 37.4 Å². The SMILES string of the molecule is CCc1[nH]nc(-c2ccc(N3CCN(C)CC3)cc2)c1/N=C(\C)c1cccc(C(N)=O)c1F. The summed E-state index contributed by atoms with van der Waals surface area (Å²) < 4.78 is 14.8. The first-order valence-corrected chi connectivity index (χ1v) is 11.1. The number of carbonyl (C=O) groups is 1. The lowest BCUT2D eigenvalue weighted by molar-refractivity contribution is 0.0996. The van der Waals surface area contributed by atoms with Crippen molar-refractivity contribution in [3.05, 3.63) is 65.1 Å². The number of rotatable bonds is 6. The molecule has 0 saturated carbocycles. The van der Waals surface area contributed by atoms with Gasteiger partial charge in [-0.3, -0.25) is 9.89 Å². The van der Waals surface area contributed by atoms with E-state index < -0.39 is 11.7 Å². The highest BCUT2D eigenvalue weighted by molar-refractivity contribution is 6.04. The molecule has 0 bridgehead atoms. The zero-order valence-electron chi connectivity index (χ0n) is 19.2. The second kappa shape index (κ2) is 9.54. The van der Waals surface area contributed by atoms with Gasteiger partial charge in [0.15, 0.2) is 0 Å². The molecule has 3 N–H and O–H groups in total. The Hall–Kier alpha value is -3.52. The van der Waals surface area contributed by atoms with Crippen LogP contribution in [0.25, 0.3) is 11.3 Å². The van der Waals surface area contributed by atoms with Gasteiger partial charge in [-0.25, -0.2) is 9.38 Å². The molecule has 1 fully saturated rings. The molecule has 172 valence electrons. The number of aromatic amines is 1. The Morgan fingerprint density at radius 1 is 1.12 bits per heavy atom. The number of likely N-dealkylation sites (N-methyl/N-ethyl adjacent to an activating group) is 1. The summed E-state index contributed by atoms with van der Waals surface area (Å²) in [5, 5.41) is 7.57. The normalized spacial score (nSPS) is 15.2. The molecule has 1 aliphatic rings. The standard InChI is InChI=1S/C25H29FN6O/c1-4-21-24(28-16(2)19-6-5-7-20(22(19)26)25(27)33)23(30-29-21)17-8-10-18(11-9-17)32-14-12-31(3)13-15-32/h5-11H,4,12-15H2,1-3H3,(H2,27,33)(H,29,30)/b28-16+. The van der Waals surface area contributed by atoms with Crippen molar-refractivity contribution in [3.63, 3.8) is 0 Å². The zero-order valence-corrected chi connectivity index (χ0v) is 19.2. The van der Waals surface area contributed by atoms with Gasteiger partial charge in [0.2, 0.25) is 0 Å². The van der Waals surface area contributed by atoms with Gasteiger partial charge in [0, 0.05) is 48.7 Å². The van der Waals surface area contributed by atoms with Gasteiger partial charge in [0.05, 0.1) is 11.3 Å². The van der Waals surface area contributed by atoms with Crippen LogP contribution in [-0.4, -0.2) is 59.9 Å². The maximum atomic E-state index is 14.8. The van der Waals surface area contributed by atoms with Crippen LogP contribution in [0.5, 0.6) is 0 Å². The Morgan fingerprint density at radius 3 is 2.42 bits per heavy atom. The van der Waals surface area contributed by atoms with Crippen LogP contribution in [0.1, 0.15) is 35.5 Å². The Balaban J connectivity index is 1.67. The van der Waals surface area contributed by atoms with E-state index in [1.54, 1.807) is 19.1 Å². The molecule has 1 aromatic heterocycles. The summed E-state index contributed by atoms with van der Waals surface area (Å²) in [6.07, 6.45) is 0.697. The number of hydrogen-bond donors (Lipinski definition) is 2. The minimum absolute atomic E-state index is 0.148. The lowest BCUT2D eigenvalue weighted by Crippen LogP contribution is -2.44. The molecular formula is C25H29FN6O. The Morgan fingerprint density at radius 2 is 1.79 bits per heavy atom. The monoisotopic (exact) mass is 448 g/mol. The number of nitrogens with zero attached hydrogens (tertiary/aromatic N) is 4. The quantitative estimate of drug-likeness (QED) is 0.562. The second-order valence-corrected chi connectivity index (χ2v) is 8.32. The number of aromatic nitrogens is 2. The van der Waals surface area contributed by atoms with E-state index >= 15 is 0 Å². The van der Waals surface area contributed by atoms with Crippen LogP contribution in [0.4, 0.5) is 15.8 Å². The second-order valence-electron chi connectivity index (χ2n) is 8.32. The third-order valence-electron chi connectivity index (χ3n) is 6.11. The van der Waals surface area contributed by atoms with Gasteiger partial charge in [-0.1, -0.05) is 31.2 Å². The van der Waals surface area contributed by atoms with Crippen LogP contribution >= 0.6 is 0 Å². The molecule has 0 unspecified atom stereocenters. The minimum Gasteiger partial charge on any atom is -0.369 e. The van der Waals surface area contributed by atoms with Gasteiger partial charge in [-0.15, -0.1) is 0 Å². The maximum absolute atomic E-state index is 14.8. The number of aryl methyl sites for hydroxylation is 1. The molecule has 1 amide bonds. The van der Waals surface area contributed by atoms with E-state index in [1.807, 2.05) is 19.1 Å². The molecule has 3 aromatic rings. The molecule has 33 heavy (non-hydrogen) atoms. The Kier molecular flexibility index (Phi) is 6.55. The summed E-state index contributed by atoms with van der Waals surface area (Å²) in [5.74, 6) is -1.47. The molecule has 1 aliphatic heterocycles. The van der Waals surface area contributed by atoms with Gasteiger partial charge >= 0.3 is 0 Å². The number of halogens is 1. The molecule has 0 atom stereocenters. The molecule has 4 rings (SSSR count). The van der Waals surface area contributed by atoms with Gasteiger partial charge in [-0.05, 0) is 38.6 Å². The molecule has 1 saturated heterocycles. The molecule has 2 heterocycles. The highest BCUT2D eigenvalue weighted by Gasteiger charge is 2.19. The average molecular weight is 449 g/mol. The van der Waals surface area contributed by atoms with E-state index in [9.17, 15) is 9.18 Å². The zero-order chi connectivity index (χ0) is 23.5. The third kappa shape index (κ3) is 4.66. The summed E-state index contributed by atoms with van der Waals surface area (Å²) >= 11 is 0. The smallest absolute Gasteiger partial charge is 0.251 e. The van der Waals surface area contributed by atoms with Crippen LogP contribution in [0, 0.1) is 5.82 Å². The minimum atomic E-state index is -0.805. The van der Waals surface area contributed by atoms with Gasteiger partial charge in [-0.2, -0.15) is 5.10 Å². The number of carbonyl (C=O) groups excluding carboxylic acids is 1. The first kappa shape index (κ1) is 22.7. The summed E-state index contributed by atoms with van der Waals surface area (Å²) in [5.41, 5.74) is 10.2. The maximum Gasteiger partial charge on any atom is 0.251 e. The van der Waals surface area contributed by atoms with Crippen LogP contribution in [-0.2, 0) is 6.42 Å². The van der Waals surface area contributed by atoms with E-state index in [4.69, 9.17) is 10.7 Å². The van der Waals surface area contributed by atoms with Gasteiger partial charge in [0.25, 0.3) is 5.91 Å². The van der Waals surface area contributed by atoms with Crippen molar-refractivity contribution in [3.8, 4) is 11.3 Å². The molecule has 0 radical (unpaired) electrons. The molecule has 8 heteroatoms. The van der Waals surface area contributed by atoms with Crippen LogP contribution in [0.15, 0.2) is 47.5 Å². The molecule has 2 aromatic carbocycles. The number of primary amides is 1. The fourth-order valence-electron chi connectivity index (χ4n) is 4.06. The number of benzene rings is 2. The Labute approximate surface area is 193 Å². The van der Waals surface area contributed by atoms with Crippen LogP contribution in [0.3, 0.4) is 0 Å². The highest BCUT2D eigenvalue weighted by Crippen LogP contribution is 2.34. The number of piperazine rings is 1. The lowest BCUT2D eigenvalue weighted by Gasteiger charge is -2.34. The average Bonchev–Trinajstić information content (AvgIpc) is 3.22. The topological polar surface area (TPSA) is 90.6 Å². The van der Waals surface area contributed by atoms with E-state index in [-0.39, 0.29) is 11.1 Å². The number of nitrogens with two attached hydrogens (primary N) is 1. The first-order valence-electron chi connectivity index (χ1n) is 11.1. The number of nitrogens with one attached hydrogen (secondary N) is 1. The molecule has 0 aliphatic carbocycles. The van der Waals surface area contributed by atoms with Crippen molar-refractivity contribution in [1.82, 2.24) is 15.1 Å². The fraction of sp³-hybridized carbons (Fsp3) is 0.320. The number of amides is 1. The fourth-order valence-corrected chi connectivity index (χ4v) is 4.06. The summed E-state index contributed by atoms with van der Waals surface area (Å²) in [4.78, 5) is 21.0. The first-order chi connectivity index (χ1) is 15.9.